The lowest BCUT2D eigenvalue weighted by Gasteiger charge is -2.31. The number of nitrogens with zero attached hydrogens (tertiary/aromatic N) is 2. The lowest BCUT2D eigenvalue weighted by atomic mass is 10.0. The Bertz CT molecular complexity index is 537. The van der Waals surface area contributed by atoms with Gasteiger partial charge in [0, 0.05) is 31.4 Å². The van der Waals surface area contributed by atoms with Gasteiger partial charge in [0.1, 0.15) is 0 Å². The third-order valence-electron chi connectivity index (χ3n) is 3.66. The predicted molar refractivity (Wildman–Crippen MR) is 86.1 cm³/mol. The minimum Gasteiger partial charge on any atom is -0.475 e. The van der Waals surface area contributed by atoms with Crippen LogP contribution in [0.2, 0.25) is 0 Å². The molecule has 2 amide bonds. The Kier molecular flexibility index (Phi) is 5.92. The number of carbonyl (C=O) groups is 2. The maximum Gasteiger partial charge on any atom is 0.253 e. The molecule has 1 aromatic heterocycles. The van der Waals surface area contributed by atoms with Crippen LogP contribution >= 0.6 is 0 Å². The number of carbonyl (C=O) groups excluding carboxylic acids is 2. The van der Waals surface area contributed by atoms with Gasteiger partial charge in [-0.3, -0.25) is 14.5 Å². The van der Waals surface area contributed by atoms with Crippen molar-refractivity contribution in [1.29, 1.82) is 0 Å². The molecule has 0 bridgehead atoms. The first-order chi connectivity index (χ1) is 10.9. The van der Waals surface area contributed by atoms with E-state index in [0.717, 1.165) is 25.9 Å². The zero-order chi connectivity index (χ0) is 16.8. The molecule has 7 nitrogen and oxygen atoms in total. The van der Waals surface area contributed by atoms with Crippen LogP contribution in [0.5, 0.6) is 5.88 Å². The summed E-state index contributed by atoms with van der Waals surface area (Å²) in [7, 11) is 0. The number of hydrogen-bond donors (Lipinski definition) is 2. The van der Waals surface area contributed by atoms with Crippen molar-refractivity contribution in [2.24, 2.45) is 5.73 Å². The van der Waals surface area contributed by atoms with Crippen LogP contribution in [0.4, 0.5) is 0 Å². The van der Waals surface area contributed by atoms with Gasteiger partial charge in [0.15, 0.2) is 0 Å². The van der Waals surface area contributed by atoms with Crippen LogP contribution in [-0.4, -0.2) is 53.5 Å². The van der Waals surface area contributed by atoms with Crippen molar-refractivity contribution in [2.45, 2.75) is 38.8 Å². The first-order valence-corrected chi connectivity index (χ1v) is 7.88. The fraction of sp³-hybridized carbons (Fsp3) is 0.562. The third kappa shape index (κ3) is 5.52. The summed E-state index contributed by atoms with van der Waals surface area (Å²) in [4.78, 5) is 29.3. The first-order valence-electron chi connectivity index (χ1n) is 7.88. The van der Waals surface area contributed by atoms with E-state index in [9.17, 15) is 9.59 Å². The highest BCUT2D eigenvalue weighted by atomic mass is 16.5. The summed E-state index contributed by atoms with van der Waals surface area (Å²) in [6.07, 6.45) is 3.19. The number of rotatable bonds is 6. The average molecular weight is 320 g/mol. The third-order valence-corrected chi connectivity index (χ3v) is 3.66. The van der Waals surface area contributed by atoms with E-state index in [2.05, 4.69) is 10.3 Å². The number of nitrogens with one attached hydrogen (secondary N) is 1. The molecule has 1 aromatic rings. The molecule has 1 aliphatic rings. The molecule has 1 aliphatic heterocycles. The minimum atomic E-state index is -0.317. The second-order valence-corrected chi connectivity index (χ2v) is 6.04. The molecular formula is C16H24N4O3. The monoisotopic (exact) mass is 320 g/mol. The van der Waals surface area contributed by atoms with Gasteiger partial charge in [-0.15, -0.1) is 0 Å². The number of pyridine rings is 1. The molecule has 2 rings (SSSR count). The van der Waals surface area contributed by atoms with Crippen molar-refractivity contribution < 1.29 is 14.3 Å². The molecule has 23 heavy (non-hydrogen) atoms. The summed E-state index contributed by atoms with van der Waals surface area (Å²) in [5, 5.41) is 3.01. The number of hydrogen-bond acceptors (Lipinski definition) is 5. The number of primary amides is 1. The molecular weight excluding hydrogens is 296 g/mol. The molecule has 2 heterocycles. The summed E-state index contributed by atoms with van der Waals surface area (Å²) >= 11 is 0. The van der Waals surface area contributed by atoms with Crippen molar-refractivity contribution >= 4 is 11.8 Å². The van der Waals surface area contributed by atoms with Gasteiger partial charge in [-0.1, -0.05) is 0 Å². The topological polar surface area (TPSA) is 97.5 Å². The maximum atomic E-state index is 12.2. The fourth-order valence-corrected chi connectivity index (χ4v) is 2.55. The molecule has 3 N–H and O–H groups in total. The molecule has 7 heteroatoms. The lowest BCUT2D eigenvalue weighted by molar-refractivity contribution is -0.119. The maximum absolute atomic E-state index is 12.2. The summed E-state index contributed by atoms with van der Waals surface area (Å²) in [5.41, 5.74) is 5.70. The Balaban J connectivity index is 1.82. The highest BCUT2D eigenvalue weighted by Gasteiger charge is 2.22. The van der Waals surface area contributed by atoms with Gasteiger partial charge in [-0.2, -0.15) is 0 Å². The van der Waals surface area contributed by atoms with Gasteiger partial charge in [0.05, 0.1) is 18.2 Å². The molecule has 126 valence electrons. The minimum absolute atomic E-state index is 0.0489. The van der Waals surface area contributed by atoms with Gasteiger partial charge in [0.2, 0.25) is 11.8 Å². The van der Waals surface area contributed by atoms with Crippen LogP contribution in [0.25, 0.3) is 0 Å². The standard InChI is InChI=1S/C16H24N4O3/c1-11(2)23-15-4-3-12(9-18-15)16(22)19-13-5-7-20(8-6-13)10-14(17)21/h3-4,9,11,13H,5-8,10H2,1-2H3,(H2,17,21)(H,19,22). The Morgan fingerprint density at radius 2 is 2.09 bits per heavy atom. The predicted octanol–water partition coefficient (Wildman–Crippen LogP) is 0.548. The van der Waals surface area contributed by atoms with Crippen LogP contribution in [-0.2, 0) is 4.79 Å². The van der Waals surface area contributed by atoms with Gasteiger partial charge in [0.25, 0.3) is 5.91 Å². The van der Waals surface area contributed by atoms with Gasteiger partial charge in [-0.05, 0) is 32.8 Å². The number of likely N-dealkylation sites (tertiary alicyclic amines) is 1. The number of ether oxygens (including phenoxy) is 1. The molecule has 1 fully saturated rings. The molecule has 1 saturated heterocycles. The van der Waals surface area contributed by atoms with Crippen molar-refractivity contribution in [3.8, 4) is 5.88 Å². The van der Waals surface area contributed by atoms with Crippen LogP contribution in [0.1, 0.15) is 37.0 Å². The van der Waals surface area contributed by atoms with Crippen LogP contribution in [0.3, 0.4) is 0 Å². The molecule has 0 radical (unpaired) electrons. The van der Waals surface area contributed by atoms with E-state index in [1.54, 1.807) is 12.1 Å². The van der Waals surface area contributed by atoms with Crippen molar-refractivity contribution in [3.05, 3.63) is 23.9 Å². The van der Waals surface area contributed by atoms with E-state index < -0.39 is 0 Å². The fourth-order valence-electron chi connectivity index (χ4n) is 2.55. The summed E-state index contributed by atoms with van der Waals surface area (Å²) < 4.78 is 5.46. The highest BCUT2D eigenvalue weighted by molar-refractivity contribution is 5.94. The zero-order valence-corrected chi connectivity index (χ0v) is 13.6. The molecule has 0 aliphatic carbocycles. The SMILES string of the molecule is CC(C)Oc1ccc(C(=O)NC2CCN(CC(N)=O)CC2)cn1. The van der Waals surface area contributed by atoms with Crippen LogP contribution in [0.15, 0.2) is 18.3 Å². The second-order valence-electron chi connectivity index (χ2n) is 6.04. The van der Waals surface area contributed by atoms with Crippen LogP contribution in [0, 0.1) is 0 Å². The number of nitrogens with two attached hydrogens (primary N) is 1. The Labute approximate surface area is 136 Å². The Morgan fingerprint density at radius 3 is 2.61 bits per heavy atom. The van der Waals surface area contributed by atoms with E-state index >= 15 is 0 Å². The van der Waals surface area contributed by atoms with E-state index in [0.29, 0.717) is 11.4 Å². The van der Waals surface area contributed by atoms with Crippen molar-refractivity contribution in [2.75, 3.05) is 19.6 Å². The molecule has 0 unspecified atom stereocenters. The highest BCUT2D eigenvalue weighted by Crippen LogP contribution is 2.12. The molecule has 0 spiro atoms. The first kappa shape index (κ1) is 17.2. The second kappa shape index (κ2) is 7.92. The van der Waals surface area contributed by atoms with Gasteiger partial charge < -0.3 is 15.8 Å². The van der Waals surface area contributed by atoms with Crippen molar-refractivity contribution in [3.63, 3.8) is 0 Å². The quantitative estimate of drug-likeness (QED) is 0.797. The van der Waals surface area contributed by atoms with Gasteiger partial charge >= 0.3 is 0 Å². The Hall–Kier alpha value is -2.15. The van der Waals surface area contributed by atoms with E-state index in [-0.39, 0.29) is 30.5 Å². The molecule has 0 atom stereocenters. The number of amides is 2. The van der Waals surface area contributed by atoms with Gasteiger partial charge in [-0.25, -0.2) is 4.98 Å². The Morgan fingerprint density at radius 1 is 1.39 bits per heavy atom. The normalized spacial score (nSPS) is 16.3. The summed E-state index contributed by atoms with van der Waals surface area (Å²) in [6, 6.07) is 3.52. The van der Waals surface area contributed by atoms with E-state index in [1.165, 1.54) is 6.20 Å². The zero-order valence-electron chi connectivity index (χ0n) is 13.6. The largest absolute Gasteiger partial charge is 0.475 e. The summed E-state index contributed by atoms with van der Waals surface area (Å²) in [5.74, 6) is 0.0560. The lowest BCUT2D eigenvalue weighted by Crippen LogP contribution is -2.46. The smallest absolute Gasteiger partial charge is 0.253 e. The van der Waals surface area contributed by atoms with Crippen LogP contribution < -0.4 is 15.8 Å². The molecule has 0 aromatic carbocycles. The summed E-state index contributed by atoms with van der Waals surface area (Å²) in [6.45, 7) is 5.64. The van der Waals surface area contributed by atoms with Crippen molar-refractivity contribution in [1.82, 2.24) is 15.2 Å². The van der Waals surface area contributed by atoms with E-state index in [1.807, 2.05) is 18.7 Å². The average Bonchev–Trinajstić information content (AvgIpc) is 2.49. The van der Waals surface area contributed by atoms with E-state index in [4.69, 9.17) is 10.5 Å². The number of piperidine rings is 1. The number of aromatic nitrogens is 1. The molecule has 0 saturated carbocycles.